The minimum absolute atomic E-state index is 0.0224. The standard InChI is InChI=1S/C25H25ClN2O5S/c1-15-4-5-16(2)21(12-15)28-34(30,31)24-14-19(6-8-20(24)26)25(29)27-17(3)18-7-9-22-23(13-18)33-11-10-32-22/h4-9,12-14,17,28H,10-11H2,1-3H3,(H,27,29)/t17-/m1/s1. The Morgan fingerprint density at radius 2 is 1.71 bits per heavy atom. The Balaban J connectivity index is 1.55. The molecule has 1 heterocycles. The van der Waals surface area contributed by atoms with Crippen LogP contribution in [0.5, 0.6) is 11.5 Å². The Morgan fingerprint density at radius 1 is 0.971 bits per heavy atom. The first-order chi connectivity index (χ1) is 16.1. The Hall–Kier alpha value is -3.23. The molecule has 0 spiro atoms. The molecule has 0 fully saturated rings. The molecule has 3 aromatic carbocycles. The van der Waals surface area contributed by atoms with Gasteiger partial charge in [0, 0.05) is 5.56 Å². The predicted octanol–water partition coefficient (Wildman–Crippen LogP) is 5.02. The minimum Gasteiger partial charge on any atom is -0.486 e. The van der Waals surface area contributed by atoms with Crippen LogP contribution in [-0.4, -0.2) is 27.5 Å². The topological polar surface area (TPSA) is 93.7 Å². The maximum absolute atomic E-state index is 13.1. The fraction of sp³-hybridized carbons (Fsp3) is 0.240. The molecule has 4 rings (SSSR count). The van der Waals surface area contributed by atoms with Crippen molar-refractivity contribution in [3.05, 3.63) is 81.9 Å². The second-order valence-electron chi connectivity index (χ2n) is 8.17. The van der Waals surface area contributed by atoms with Crippen LogP contribution < -0.4 is 19.5 Å². The van der Waals surface area contributed by atoms with Gasteiger partial charge < -0.3 is 14.8 Å². The van der Waals surface area contributed by atoms with Crippen LogP contribution in [0.2, 0.25) is 5.02 Å². The molecule has 0 aromatic heterocycles. The van der Waals surface area contributed by atoms with E-state index in [1.807, 2.05) is 45.0 Å². The summed E-state index contributed by atoms with van der Waals surface area (Å²) in [6.07, 6.45) is 0. The zero-order valence-corrected chi connectivity index (χ0v) is 20.6. The molecule has 1 amide bonds. The molecule has 1 aliphatic rings. The summed E-state index contributed by atoms with van der Waals surface area (Å²) in [6, 6.07) is 14.8. The van der Waals surface area contributed by atoms with E-state index < -0.39 is 15.9 Å². The normalized spacial score (nSPS) is 13.8. The fourth-order valence-corrected chi connectivity index (χ4v) is 5.24. The molecular formula is C25H25ClN2O5S. The molecule has 0 saturated carbocycles. The monoisotopic (exact) mass is 500 g/mol. The van der Waals surface area contributed by atoms with Gasteiger partial charge in [-0.05, 0) is 73.9 Å². The highest BCUT2D eigenvalue weighted by atomic mass is 35.5. The van der Waals surface area contributed by atoms with Crippen LogP contribution in [0.3, 0.4) is 0 Å². The molecule has 2 N–H and O–H groups in total. The average Bonchev–Trinajstić information content (AvgIpc) is 2.81. The summed E-state index contributed by atoms with van der Waals surface area (Å²) in [7, 11) is -4.02. The number of sulfonamides is 1. The summed E-state index contributed by atoms with van der Waals surface area (Å²) in [4.78, 5) is 12.8. The van der Waals surface area contributed by atoms with Gasteiger partial charge in [0.2, 0.25) is 0 Å². The Morgan fingerprint density at radius 3 is 2.47 bits per heavy atom. The third kappa shape index (κ3) is 5.13. The van der Waals surface area contributed by atoms with Crippen molar-refractivity contribution < 1.29 is 22.7 Å². The highest BCUT2D eigenvalue weighted by Crippen LogP contribution is 2.33. The van der Waals surface area contributed by atoms with Crippen molar-refractivity contribution in [1.82, 2.24) is 5.32 Å². The molecular weight excluding hydrogens is 476 g/mol. The van der Waals surface area contributed by atoms with E-state index in [9.17, 15) is 13.2 Å². The number of nitrogens with one attached hydrogen (secondary N) is 2. The molecule has 1 aliphatic heterocycles. The van der Waals surface area contributed by atoms with Gasteiger partial charge in [-0.2, -0.15) is 0 Å². The van der Waals surface area contributed by atoms with Gasteiger partial charge in [-0.1, -0.05) is 29.8 Å². The minimum atomic E-state index is -4.02. The quantitative estimate of drug-likeness (QED) is 0.495. The molecule has 9 heteroatoms. The van der Waals surface area contributed by atoms with Crippen LogP contribution in [-0.2, 0) is 10.0 Å². The fourth-order valence-electron chi connectivity index (χ4n) is 3.59. The second-order valence-corrected chi connectivity index (χ2v) is 10.2. The lowest BCUT2D eigenvalue weighted by molar-refractivity contribution is 0.0939. The van der Waals surface area contributed by atoms with Crippen molar-refractivity contribution in [2.24, 2.45) is 0 Å². The van der Waals surface area contributed by atoms with Gasteiger partial charge in [0.05, 0.1) is 16.8 Å². The van der Waals surface area contributed by atoms with Gasteiger partial charge in [0.1, 0.15) is 18.1 Å². The number of hydrogen-bond acceptors (Lipinski definition) is 5. The number of benzene rings is 3. The molecule has 0 radical (unpaired) electrons. The van der Waals surface area contributed by atoms with E-state index in [1.54, 1.807) is 12.1 Å². The number of ether oxygens (including phenoxy) is 2. The number of rotatable bonds is 6. The van der Waals surface area contributed by atoms with Gasteiger partial charge in [0.25, 0.3) is 15.9 Å². The Labute approximate surface area is 204 Å². The van der Waals surface area contributed by atoms with Crippen molar-refractivity contribution in [2.45, 2.75) is 31.7 Å². The molecule has 0 saturated heterocycles. The molecule has 178 valence electrons. The van der Waals surface area contributed by atoms with E-state index in [0.717, 1.165) is 16.7 Å². The number of hydrogen-bond donors (Lipinski definition) is 2. The van der Waals surface area contributed by atoms with Gasteiger partial charge in [-0.25, -0.2) is 8.42 Å². The lowest BCUT2D eigenvalue weighted by atomic mass is 10.1. The summed E-state index contributed by atoms with van der Waals surface area (Å²) in [5.41, 5.74) is 3.15. The number of amides is 1. The van der Waals surface area contributed by atoms with Gasteiger partial charge >= 0.3 is 0 Å². The van der Waals surface area contributed by atoms with Gasteiger partial charge in [-0.3, -0.25) is 9.52 Å². The van der Waals surface area contributed by atoms with Gasteiger partial charge in [0.15, 0.2) is 11.5 Å². The summed E-state index contributed by atoms with van der Waals surface area (Å²) in [5, 5.41) is 2.91. The first-order valence-electron chi connectivity index (χ1n) is 10.7. The molecule has 0 unspecified atom stereocenters. The van der Waals surface area contributed by atoms with Crippen LogP contribution >= 0.6 is 11.6 Å². The second kappa shape index (κ2) is 9.56. The van der Waals surface area contributed by atoms with E-state index in [4.69, 9.17) is 21.1 Å². The molecule has 3 aromatic rings. The molecule has 34 heavy (non-hydrogen) atoms. The van der Waals surface area contributed by atoms with E-state index in [-0.39, 0.29) is 21.5 Å². The van der Waals surface area contributed by atoms with Crippen LogP contribution in [0.4, 0.5) is 5.69 Å². The SMILES string of the molecule is Cc1ccc(C)c(NS(=O)(=O)c2cc(C(=O)N[C@H](C)c3ccc4c(c3)OCCO4)ccc2Cl)c1. The third-order valence-electron chi connectivity index (χ3n) is 5.53. The molecule has 7 nitrogen and oxygen atoms in total. The third-order valence-corrected chi connectivity index (χ3v) is 7.38. The highest BCUT2D eigenvalue weighted by molar-refractivity contribution is 7.92. The predicted molar refractivity (Wildman–Crippen MR) is 131 cm³/mol. The van der Waals surface area contributed by atoms with Crippen molar-refractivity contribution in [1.29, 1.82) is 0 Å². The molecule has 1 atom stereocenters. The zero-order chi connectivity index (χ0) is 24.5. The summed E-state index contributed by atoms with van der Waals surface area (Å²) in [5.74, 6) is 0.863. The van der Waals surface area contributed by atoms with E-state index in [1.165, 1.54) is 18.2 Å². The number of carbonyl (C=O) groups is 1. The number of anilines is 1. The summed E-state index contributed by atoms with van der Waals surface area (Å²) < 4.78 is 39.9. The largest absolute Gasteiger partial charge is 0.486 e. The van der Waals surface area contributed by atoms with Crippen LogP contribution in [0.15, 0.2) is 59.5 Å². The lowest BCUT2D eigenvalue weighted by Crippen LogP contribution is -2.27. The van der Waals surface area contributed by atoms with Crippen molar-refractivity contribution >= 4 is 33.2 Å². The van der Waals surface area contributed by atoms with E-state index in [0.29, 0.717) is 30.4 Å². The molecule has 0 bridgehead atoms. The number of carbonyl (C=O) groups excluding carboxylic acids is 1. The molecule has 0 aliphatic carbocycles. The summed E-state index contributed by atoms with van der Waals surface area (Å²) in [6.45, 7) is 6.48. The van der Waals surface area contributed by atoms with Crippen molar-refractivity contribution in [3.8, 4) is 11.5 Å². The first-order valence-corrected chi connectivity index (χ1v) is 12.6. The van der Waals surface area contributed by atoms with Crippen molar-refractivity contribution in [2.75, 3.05) is 17.9 Å². The maximum atomic E-state index is 13.1. The number of aryl methyl sites for hydroxylation is 2. The zero-order valence-electron chi connectivity index (χ0n) is 19.0. The lowest BCUT2D eigenvalue weighted by Gasteiger charge is -2.21. The maximum Gasteiger partial charge on any atom is 0.263 e. The van der Waals surface area contributed by atoms with Crippen LogP contribution in [0, 0.1) is 13.8 Å². The van der Waals surface area contributed by atoms with E-state index in [2.05, 4.69) is 10.0 Å². The number of fused-ring (bicyclic) bond motifs is 1. The first kappa shape index (κ1) is 23.9. The Kier molecular flexibility index (Phi) is 6.72. The van der Waals surface area contributed by atoms with E-state index >= 15 is 0 Å². The summed E-state index contributed by atoms with van der Waals surface area (Å²) >= 11 is 6.22. The van der Waals surface area contributed by atoms with Crippen LogP contribution in [0.25, 0.3) is 0 Å². The van der Waals surface area contributed by atoms with Crippen molar-refractivity contribution in [3.63, 3.8) is 0 Å². The van der Waals surface area contributed by atoms with Crippen LogP contribution in [0.1, 0.15) is 40.0 Å². The Bertz CT molecular complexity index is 1360. The van der Waals surface area contributed by atoms with Gasteiger partial charge in [-0.15, -0.1) is 0 Å². The average molecular weight is 501 g/mol. The smallest absolute Gasteiger partial charge is 0.263 e. The number of halogens is 1. The highest BCUT2D eigenvalue weighted by Gasteiger charge is 2.22.